The molecule has 0 aliphatic carbocycles. The predicted octanol–water partition coefficient (Wildman–Crippen LogP) is 3.98. The summed E-state index contributed by atoms with van der Waals surface area (Å²) in [5.74, 6) is -0.572. The first kappa shape index (κ1) is 16.0. The zero-order valence-corrected chi connectivity index (χ0v) is 13.1. The molecule has 5 nitrogen and oxygen atoms in total. The highest BCUT2D eigenvalue weighted by Gasteiger charge is 2.17. The third kappa shape index (κ3) is 3.85. The van der Waals surface area contributed by atoms with Crippen LogP contribution in [0.5, 0.6) is 0 Å². The number of ether oxygens (including phenoxy) is 1. The number of nitrogens with zero attached hydrogens (tertiary/aromatic N) is 1. The number of nitro groups is 1. The topological polar surface area (TPSA) is 69.4 Å². The van der Waals surface area contributed by atoms with E-state index in [1.54, 1.807) is 12.3 Å². The largest absolute Gasteiger partial charge is 0.457 e. The Morgan fingerprint density at radius 1 is 1.27 bits per heavy atom. The van der Waals surface area contributed by atoms with E-state index in [1.165, 1.54) is 23.9 Å². The second-order valence-electron chi connectivity index (χ2n) is 4.71. The van der Waals surface area contributed by atoms with Gasteiger partial charge in [0.15, 0.2) is 0 Å². The summed E-state index contributed by atoms with van der Waals surface area (Å²) in [7, 11) is 0. The molecule has 0 N–H and O–H groups in total. The van der Waals surface area contributed by atoms with Gasteiger partial charge in [0.1, 0.15) is 6.61 Å². The van der Waals surface area contributed by atoms with Crippen molar-refractivity contribution in [3.63, 3.8) is 0 Å². The minimum absolute atomic E-state index is 0.0856. The van der Waals surface area contributed by atoms with Crippen molar-refractivity contribution < 1.29 is 14.5 Å². The first-order valence-corrected chi connectivity index (χ1v) is 7.79. The van der Waals surface area contributed by atoms with Crippen molar-refractivity contribution in [3.8, 4) is 0 Å². The molecule has 6 heteroatoms. The van der Waals surface area contributed by atoms with Crippen LogP contribution in [0.25, 0.3) is 0 Å². The fourth-order valence-corrected chi connectivity index (χ4v) is 2.54. The third-order valence-corrected chi connectivity index (χ3v) is 3.85. The van der Waals surface area contributed by atoms with Crippen LogP contribution in [0.15, 0.2) is 47.4 Å². The van der Waals surface area contributed by atoms with Gasteiger partial charge in [0, 0.05) is 6.07 Å². The molecule has 0 atom stereocenters. The summed E-state index contributed by atoms with van der Waals surface area (Å²) in [6.07, 6.45) is 1.75. The average Bonchev–Trinajstić information content (AvgIpc) is 2.52. The van der Waals surface area contributed by atoms with E-state index in [9.17, 15) is 14.9 Å². The van der Waals surface area contributed by atoms with E-state index in [2.05, 4.69) is 0 Å². The lowest BCUT2D eigenvalue weighted by Gasteiger charge is -2.07. The number of benzene rings is 2. The minimum Gasteiger partial charge on any atom is -0.457 e. The van der Waals surface area contributed by atoms with Crippen LogP contribution in [-0.2, 0) is 11.3 Å². The number of esters is 1. The number of nitro benzene ring substituents is 1. The highest BCUT2D eigenvalue weighted by atomic mass is 32.2. The lowest BCUT2D eigenvalue weighted by molar-refractivity contribution is -0.387. The first-order valence-electron chi connectivity index (χ1n) is 6.56. The van der Waals surface area contributed by atoms with E-state index >= 15 is 0 Å². The van der Waals surface area contributed by atoms with Crippen LogP contribution in [0.3, 0.4) is 0 Å². The molecule has 0 spiro atoms. The third-order valence-electron chi connectivity index (χ3n) is 3.06. The Bertz CT molecular complexity index is 715. The zero-order valence-electron chi connectivity index (χ0n) is 12.2. The number of aryl methyl sites for hydroxylation is 1. The van der Waals surface area contributed by atoms with Gasteiger partial charge in [0.2, 0.25) is 0 Å². The molecule has 0 aliphatic heterocycles. The maximum absolute atomic E-state index is 12.0. The Labute approximate surface area is 132 Å². The van der Waals surface area contributed by atoms with E-state index in [0.717, 1.165) is 11.1 Å². The molecule has 0 fully saturated rings. The van der Waals surface area contributed by atoms with Gasteiger partial charge in [0.05, 0.1) is 15.4 Å². The SMILES string of the molecule is CSc1ccc(C(=O)OCc2cccc(C)c2)cc1[N+](=O)[O-]. The maximum atomic E-state index is 12.0. The van der Waals surface area contributed by atoms with Crippen LogP contribution in [0.2, 0.25) is 0 Å². The van der Waals surface area contributed by atoms with E-state index < -0.39 is 10.9 Å². The summed E-state index contributed by atoms with van der Waals surface area (Å²) in [6, 6.07) is 12.0. The van der Waals surface area contributed by atoms with E-state index in [1.807, 2.05) is 31.2 Å². The lowest BCUT2D eigenvalue weighted by Crippen LogP contribution is -2.06. The summed E-state index contributed by atoms with van der Waals surface area (Å²) in [5, 5.41) is 11.0. The van der Waals surface area contributed by atoms with Crippen molar-refractivity contribution in [1.82, 2.24) is 0 Å². The number of hydrogen-bond donors (Lipinski definition) is 0. The lowest BCUT2D eigenvalue weighted by atomic mass is 10.1. The van der Waals surface area contributed by atoms with Gasteiger partial charge in [-0.15, -0.1) is 11.8 Å². The van der Waals surface area contributed by atoms with Gasteiger partial charge in [-0.1, -0.05) is 29.8 Å². The fraction of sp³-hybridized carbons (Fsp3) is 0.188. The van der Waals surface area contributed by atoms with Crippen molar-refractivity contribution in [2.75, 3.05) is 6.26 Å². The minimum atomic E-state index is -0.572. The molecule has 2 aromatic carbocycles. The maximum Gasteiger partial charge on any atom is 0.338 e. The molecular weight excluding hydrogens is 302 g/mol. The fourth-order valence-electron chi connectivity index (χ4n) is 1.99. The Kier molecular flexibility index (Phi) is 5.16. The van der Waals surface area contributed by atoms with Gasteiger partial charge in [-0.2, -0.15) is 0 Å². The summed E-state index contributed by atoms with van der Waals surface area (Å²) in [6.45, 7) is 2.09. The van der Waals surface area contributed by atoms with Crippen LogP contribution in [-0.4, -0.2) is 17.1 Å². The summed E-state index contributed by atoms with van der Waals surface area (Å²) in [5.41, 5.74) is 2.05. The normalized spacial score (nSPS) is 10.3. The summed E-state index contributed by atoms with van der Waals surface area (Å²) < 4.78 is 5.21. The molecule has 0 unspecified atom stereocenters. The molecule has 0 aliphatic rings. The van der Waals surface area contributed by atoms with Crippen molar-refractivity contribution in [1.29, 1.82) is 0 Å². The molecule has 0 radical (unpaired) electrons. The van der Waals surface area contributed by atoms with Crippen LogP contribution in [0.1, 0.15) is 21.5 Å². The first-order chi connectivity index (χ1) is 10.5. The van der Waals surface area contributed by atoms with Crippen LogP contribution < -0.4 is 0 Å². The van der Waals surface area contributed by atoms with Crippen LogP contribution in [0, 0.1) is 17.0 Å². The van der Waals surface area contributed by atoms with Gasteiger partial charge in [0.25, 0.3) is 5.69 Å². The van der Waals surface area contributed by atoms with Gasteiger partial charge >= 0.3 is 5.97 Å². The number of carbonyl (C=O) groups is 1. The van der Waals surface area contributed by atoms with Crippen molar-refractivity contribution in [2.24, 2.45) is 0 Å². The Morgan fingerprint density at radius 3 is 2.68 bits per heavy atom. The smallest absolute Gasteiger partial charge is 0.338 e. The highest BCUT2D eigenvalue weighted by Crippen LogP contribution is 2.28. The molecule has 2 rings (SSSR count). The zero-order chi connectivity index (χ0) is 16.1. The molecule has 22 heavy (non-hydrogen) atoms. The summed E-state index contributed by atoms with van der Waals surface area (Å²) in [4.78, 5) is 23.1. The van der Waals surface area contributed by atoms with E-state index in [4.69, 9.17) is 4.74 Å². The molecule has 0 heterocycles. The van der Waals surface area contributed by atoms with Gasteiger partial charge in [-0.25, -0.2) is 4.79 Å². The highest BCUT2D eigenvalue weighted by molar-refractivity contribution is 7.98. The van der Waals surface area contributed by atoms with Crippen molar-refractivity contribution in [3.05, 3.63) is 69.3 Å². The Hall–Kier alpha value is -2.34. The molecule has 114 valence electrons. The standard InChI is InChI=1S/C16H15NO4S/c1-11-4-3-5-12(8-11)10-21-16(18)13-6-7-15(22-2)14(9-13)17(19)20/h3-9H,10H2,1-2H3. The second-order valence-corrected chi connectivity index (χ2v) is 5.56. The van der Waals surface area contributed by atoms with Crippen molar-refractivity contribution in [2.45, 2.75) is 18.4 Å². The molecular formula is C16H15NO4S. The number of rotatable bonds is 5. The van der Waals surface area contributed by atoms with Gasteiger partial charge < -0.3 is 4.74 Å². The van der Waals surface area contributed by atoms with Crippen LogP contribution in [0.4, 0.5) is 5.69 Å². The monoisotopic (exact) mass is 317 g/mol. The molecule has 0 saturated carbocycles. The van der Waals surface area contributed by atoms with Crippen LogP contribution >= 0.6 is 11.8 Å². The second kappa shape index (κ2) is 7.09. The average molecular weight is 317 g/mol. The Balaban J connectivity index is 2.12. The quantitative estimate of drug-likeness (QED) is 0.361. The number of thioether (sulfide) groups is 1. The van der Waals surface area contributed by atoms with E-state index in [0.29, 0.717) is 4.90 Å². The Morgan fingerprint density at radius 2 is 2.05 bits per heavy atom. The molecule has 0 saturated heterocycles. The number of carbonyl (C=O) groups excluding carboxylic acids is 1. The molecule has 0 aromatic heterocycles. The molecule has 2 aromatic rings. The predicted molar refractivity (Wildman–Crippen MR) is 85.2 cm³/mol. The molecule has 0 amide bonds. The van der Waals surface area contributed by atoms with E-state index in [-0.39, 0.29) is 17.9 Å². The van der Waals surface area contributed by atoms with Gasteiger partial charge in [-0.3, -0.25) is 10.1 Å². The summed E-state index contributed by atoms with van der Waals surface area (Å²) >= 11 is 1.26. The van der Waals surface area contributed by atoms with Gasteiger partial charge in [-0.05, 0) is 30.9 Å². The van der Waals surface area contributed by atoms with Crippen molar-refractivity contribution >= 4 is 23.4 Å². The number of hydrogen-bond acceptors (Lipinski definition) is 5. The molecule has 0 bridgehead atoms.